The van der Waals surface area contributed by atoms with E-state index in [4.69, 9.17) is 27.9 Å². The van der Waals surface area contributed by atoms with Gasteiger partial charge in [0, 0.05) is 5.88 Å². The average Bonchev–Trinajstić information content (AvgIpc) is 2.32. The van der Waals surface area contributed by atoms with E-state index in [2.05, 4.69) is 19.9 Å². The molecule has 2 rings (SSSR count). The van der Waals surface area contributed by atoms with Crippen molar-refractivity contribution in [2.45, 2.75) is 45.1 Å². The molecule has 1 aliphatic heterocycles. The number of rotatable bonds is 3. The maximum absolute atomic E-state index is 6.22. The monoisotopic (exact) mass is 272 g/mol. The fourth-order valence-electron chi connectivity index (χ4n) is 2.42. The van der Waals surface area contributed by atoms with Crippen LogP contribution < -0.4 is 4.74 Å². The number of hydrogen-bond donors (Lipinski definition) is 0. The van der Waals surface area contributed by atoms with E-state index >= 15 is 0 Å². The maximum atomic E-state index is 6.22. The minimum Gasteiger partial charge on any atom is -0.486 e. The quantitative estimate of drug-likeness (QED) is 0.722. The average molecular weight is 273 g/mol. The minimum atomic E-state index is -0.112. The molecule has 3 heteroatoms. The van der Waals surface area contributed by atoms with Gasteiger partial charge in [0.15, 0.2) is 0 Å². The molecule has 0 fully saturated rings. The number of benzene rings is 1. The van der Waals surface area contributed by atoms with Crippen LogP contribution in [-0.4, -0.2) is 11.5 Å². The first-order valence-electron chi connectivity index (χ1n) is 6.09. The van der Waals surface area contributed by atoms with Gasteiger partial charge in [-0.3, -0.25) is 0 Å². The number of alkyl halides is 1. The zero-order valence-electron chi connectivity index (χ0n) is 10.4. The number of fused-ring (bicyclic) bond motifs is 1. The summed E-state index contributed by atoms with van der Waals surface area (Å²) < 4.78 is 6.14. The van der Waals surface area contributed by atoms with Crippen molar-refractivity contribution < 1.29 is 4.74 Å². The second kappa shape index (κ2) is 5.07. The van der Waals surface area contributed by atoms with E-state index in [-0.39, 0.29) is 5.60 Å². The molecular weight excluding hydrogens is 255 g/mol. The van der Waals surface area contributed by atoms with Gasteiger partial charge in [-0.05, 0) is 56.7 Å². The molecule has 1 aromatic rings. The molecule has 1 aromatic carbocycles. The van der Waals surface area contributed by atoms with Crippen LogP contribution in [0.1, 0.15) is 37.3 Å². The molecule has 1 atom stereocenters. The predicted octanol–water partition coefficient (Wildman–Crippen LogP) is 4.75. The van der Waals surface area contributed by atoms with E-state index in [1.807, 2.05) is 6.07 Å². The Bertz CT molecular complexity index is 417. The first-order chi connectivity index (χ1) is 8.06. The highest BCUT2D eigenvalue weighted by molar-refractivity contribution is 6.32. The summed E-state index contributed by atoms with van der Waals surface area (Å²) in [7, 11) is 0. The zero-order chi connectivity index (χ0) is 12.5. The van der Waals surface area contributed by atoms with Crippen LogP contribution in [-0.2, 0) is 6.42 Å². The molecule has 0 saturated carbocycles. The SMILES string of the molecule is Cc1ccc(Cl)c2c1CCC(C)(CCCCl)O2. The summed E-state index contributed by atoms with van der Waals surface area (Å²) in [4.78, 5) is 0. The lowest BCUT2D eigenvalue weighted by atomic mass is 9.87. The molecule has 0 spiro atoms. The Morgan fingerprint density at radius 3 is 2.88 bits per heavy atom. The van der Waals surface area contributed by atoms with Crippen molar-refractivity contribution in [3.05, 3.63) is 28.3 Å². The first-order valence-corrected chi connectivity index (χ1v) is 7.00. The Morgan fingerprint density at radius 2 is 2.18 bits per heavy atom. The van der Waals surface area contributed by atoms with Crippen LogP contribution in [0.15, 0.2) is 12.1 Å². The Hall–Kier alpha value is -0.400. The molecule has 0 bridgehead atoms. The summed E-state index contributed by atoms with van der Waals surface area (Å²) in [6.07, 6.45) is 4.05. The van der Waals surface area contributed by atoms with Crippen LogP contribution in [0.5, 0.6) is 5.75 Å². The van der Waals surface area contributed by atoms with E-state index in [1.54, 1.807) is 0 Å². The summed E-state index contributed by atoms with van der Waals surface area (Å²) in [5.41, 5.74) is 2.42. The van der Waals surface area contributed by atoms with Gasteiger partial charge < -0.3 is 4.74 Å². The zero-order valence-corrected chi connectivity index (χ0v) is 11.9. The van der Waals surface area contributed by atoms with Crippen molar-refractivity contribution in [3.8, 4) is 5.75 Å². The number of hydrogen-bond acceptors (Lipinski definition) is 1. The Labute approximate surface area is 113 Å². The molecule has 0 radical (unpaired) electrons. The van der Waals surface area contributed by atoms with Gasteiger partial charge in [0.1, 0.15) is 11.4 Å². The highest BCUT2D eigenvalue weighted by Crippen LogP contribution is 2.41. The van der Waals surface area contributed by atoms with Gasteiger partial charge in [-0.2, -0.15) is 0 Å². The predicted molar refractivity (Wildman–Crippen MR) is 73.5 cm³/mol. The lowest BCUT2D eigenvalue weighted by molar-refractivity contribution is 0.0556. The lowest BCUT2D eigenvalue weighted by Crippen LogP contribution is -2.36. The summed E-state index contributed by atoms with van der Waals surface area (Å²) >= 11 is 12.0. The van der Waals surface area contributed by atoms with Gasteiger partial charge in [0.2, 0.25) is 0 Å². The highest BCUT2D eigenvalue weighted by Gasteiger charge is 2.32. The number of ether oxygens (including phenoxy) is 1. The normalized spacial score (nSPS) is 23.1. The Kier molecular flexibility index (Phi) is 3.89. The van der Waals surface area contributed by atoms with Gasteiger partial charge in [-0.25, -0.2) is 0 Å². The van der Waals surface area contributed by atoms with E-state index in [9.17, 15) is 0 Å². The molecular formula is C14H18Cl2O. The van der Waals surface area contributed by atoms with Crippen LogP contribution in [0.4, 0.5) is 0 Å². The van der Waals surface area contributed by atoms with Crippen molar-refractivity contribution in [3.63, 3.8) is 0 Å². The molecule has 1 heterocycles. The molecule has 17 heavy (non-hydrogen) atoms. The van der Waals surface area contributed by atoms with Crippen LogP contribution in [0.25, 0.3) is 0 Å². The molecule has 1 unspecified atom stereocenters. The second-order valence-corrected chi connectivity index (χ2v) is 5.80. The molecule has 0 saturated heterocycles. The Balaban J connectivity index is 2.26. The first kappa shape index (κ1) is 13.0. The number of halogens is 2. The fourth-order valence-corrected chi connectivity index (χ4v) is 2.77. The van der Waals surface area contributed by atoms with Crippen molar-refractivity contribution in [2.75, 3.05) is 5.88 Å². The smallest absolute Gasteiger partial charge is 0.142 e. The minimum absolute atomic E-state index is 0.112. The standard InChI is InChI=1S/C14H18Cl2O/c1-10-4-5-12(16)13-11(10)6-8-14(2,17-13)7-3-9-15/h4-5H,3,6-9H2,1-2H3. The molecule has 0 aromatic heterocycles. The molecule has 1 aliphatic rings. The third kappa shape index (κ3) is 2.71. The molecule has 0 amide bonds. The van der Waals surface area contributed by atoms with Crippen LogP contribution in [0, 0.1) is 6.92 Å². The highest BCUT2D eigenvalue weighted by atomic mass is 35.5. The van der Waals surface area contributed by atoms with Gasteiger partial charge in [0.05, 0.1) is 5.02 Å². The van der Waals surface area contributed by atoms with Crippen molar-refractivity contribution >= 4 is 23.2 Å². The Morgan fingerprint density at radius 1 is 1.41 bits per heavy atom. The molecule has 0 N–H and O–H groups in total. The van der Waals surface area contributed by atoms with Crippen LogP contribution in [0.3, 0.4) is 0 Å². The fraction of sp³-hybridized carbons (Fsp3) is 0.571. The van der Waals surface area contributed by atoms with E-state index in [0.29, 0.717) is 5.88 Å². The third-order valence-corrected chi connectivity index (χ3v) is 4.10. The summed E-state index contributed by atoms with van der Waals surface area (Å²) in [6.45, 7) is 4.26. The van der Waals surface area contributed by atoms with Crippen molar-refractivity contribution in [2.24, 2.45) is 0 Å². The summed E-state index contributed by atoms with van der Waals surface area (Å²) in [6, 6.07) is 3.98. The van der Waals surface area contributed by atoms with Gasteiger partial charge >= 0.3 is 0 Å². The topological polar surface area (TPSA) is 9.23 Å². The summed E-state index contributed by atoms with van der Waals surface area (Å²) in [5.74, 6) is 1.57. The lowest BCUT2D eigenvalue weighted by Gasteiger charge is -2.37. The summed E-state index contributed by atoms with van der Waals surface area (Å²) in [5, 5.41) is 0.724. The van der Waals surface area contributed by atoms with Gasteiger partial charge in [0.25, 0.3) is 0 Å². The maximum Gasteiger partial charge on any atom is 0.142 e. The van der Waals surface area contributed by atoms with Crippen molar-refractivity contribution in [1.82, 2.24) is 0 Å². The van der Waals surface area contributed by atoms with E-state index < -0.39 is 0 Å². The molecule has 0 aliphatic carbocycles. The largest absolute Gasteiger partial charge is 0.486 e. The van der Waals surface area contributed by atoms with E-state index in [1.165, 1.54) is 11.1 Å². The third-order valence-electron chi connectivity index (χ3n) is 3.54. The van der Waals surface area contributed by atoms with Crippen LogP contribution >= 0.6 is 23.2 Å². The molecule has 1 nitrogen and oxygen atoms in total. The van der Waals surface area contributed by atoms with Crippen molar-refractivity contribution in [1.29, 1.82) is 0 Å². The second-order valence-electron chi connectivity index (χ2n) is 5.02. The van der Waals surface area contributed by atoms with Gasteiger partial charge in [-0.15, -0.1) is 11.6 Å². The van der Waals surface area contributed by atoms with Gasteiger partial charge in [-0.1, -0.05) is 17.7 Å². The van der Waals surface area contributed by atoms with Crippen LogP contribution in [0.2, 0.25) is 5.02 Å². The molecule has 94 valence electrons. The van der Waals surface area contributed by atoms with E-state index in [0.717, 1.165) is 36.5 Å². The number of aryl methyl sites for hydroxylation is 1.